The van der Waals surface area contributed by atoms with Gasteiger partial charge in [0.2, 0.25) is 0 Å². The highest BCUT2D eigenvalue weighted by Gasteiger charge is 2.16. The molecule has 56 heavy (non-hydrogen) atoms. The highest BCUT2D eigenvalue weighted by atomic mass is 32.1. The van der Waals surface area contributed by atoms with E-state index in [-0.39, 0.29) is 0 Å². The minimum Gasteiger partial charge on any atom is -0.311 e. The van der Waals surface area contributed by atoms with Gasteiger partial charge in [-0.3, -0.25) is 0 Å². The molecule has 0 N–H and O–H groups in total. The fourth-order valence-electron chi connectivity index (χ4n) is 7.24. The first kappa shape index (κ1) is 35.3. The summed E-state index contributed by atoms with van der Waals surface area (Å²) in [7, 11) is 0. The van der Waals surface area contributed by atoms with Crippen LogP contribution in [-0.4, -0.2) is 0 Å². The number of hydrogen-bond donors (Lipinski definition) is 0. The fraction of sp³-hybridized carbons (Fsp3) is 0.0385. The van der Waals surface area contributed by atoms with E-state index in [0.29, 0.717) is 0 Å². The van der Waals surface area contributed by atoms with Crippen molar-refractivity contribution in [2.45, 2.75) is 13.8 Å². The summed E-state index contributed by atoms with van der Waals surface area (Å²) in [5.41, 5.74) is 13.9. The number of benzene rings is 7. The number of rotatable bonds is 10. The molecule has 0 saturated heterocycles. The average molecular weight is 757 g/mol. The van der Waals surface area contributed by atoms with Crippen molar-refractivity contribution in [2.75, 3.05) is 9.80 Å². The topological polar surface area (TPSA) is 6.48 Å². The van der Waals surface area contributed by atoms with Gasteiger partial charge in [0.15, 0.2) is 0 Å². The molecule has 4 heteroatoms. The van der Waals surface area contributed by atoms with Crippen molar-refractivity contribution in [3.63, 3.8) is 0 Å². The molecule has 0 bridgehead atoms. The van der Waals surface area contributed by atoms with Crippen LogP contribution < -0.4 is 9.80 Å². The van der Waals surface area contributed by atoms with E-state index in [2.05, 4.69) is 230 Å². The Kier molecular flexibility index (Phi) is 9.90. The molecule has 0 amide bonds. The van der Waals surface area contributed by atoms with Gasteiger partial charge < -0.3 is 9.80 Å². The van der Waals surface area contributed by atoms with Gasteiger partial charge in [-0.1, -0.05) is 109 Å². The molecule has 0 unspecified atom stereocenters. The van der Waals surface area contributed by atoms with E-state index < -0.39 is 0 Å². The maximum Gasteiger partial charge on any atom is 0.0462 e. The Morgan fingerprint density at radius 2 is 0.518 bits per heavy atom. The molecule has 270 valence electrons. The van der Waals surface area contributed by atoms with Crippen LogP contribution in [0.15, 0.2) is 206 Å². The maximum atomic E-state index is 2.34. The monoisotopic (exact) mass is 756 g/mol. The van der Waals surface area contributed by atoms with Gasteiger partial charge >= 0.3 is 0 Å². The van der Waals surface area contributed by atoms with Crippen LogP contribution in [0.4, 0.5) is 34.1 Å². The molecule has 9 rings (SSSR count). The Bertz CT molecular complexity index is 2660. The normalized spacial score (nSPS) is 11.0. The van der Waals surface area contributed by atoms with E-state index in [1.165, 1.54) is 52.9 Å². The van der Waals surface area contributed by atoms with Gasteiger partial charge in [0.1, 0.15) is 0 Å². The zero-order chi connectivity index (χ0) is 37.8. The largest absolute Gasteiger partial charge is 0.311 e. The molecule has 7 aromatic carbocycles. The summed E-state index contributed by atoms with van der Waals surface area (Å²) < 4.78 is 0. The van der Waals surface area contributed by atoms with Crippen LogP contribution in [-0.2, 0) is 0 Å². The summed E-state index contributed by atoms with van der Waals surface area (Å²) in [5.74, 6) is 0. The molecule has 0 atom stereocenters. The van der Waals surface area contributed by atoms with E-state index in [1.54, 1.807) is 0 Å². The second-order valence-electron chi connectivity index (χ2n) is 13.9. The first-order valence-corrected chi connectivity index (χ1v) is 20.5. The van der Waals surface area contributed by atoms with Crippen LogP contribution in [0.2, 0.25) is 0 Å². The van der Waals surface area contributed by atoms with E-state index in [0.717, 1.165) is 34.1 Å². The Morgan fingerprint density at radius 3 is 0.821 bits per heavy atom. The second-order valence-corrected chi connectivity index (χ2v) is 16.5. The van der Waals surface area contributed by atoms with Crippen LogP contribution >= 0.6 is 22.7 Å². The molecule has 0 aliphatic rings. The Morgan fingerprint density at radius 1 is 0.250 bits per heavy atom. The first-order valence-electron chi connectivity index (χ1n) is 18.9. The van der Waals surface area contributed by atoms with Crippen LogP contribution in [0.25, 0.3) is 43.1 Å². The molecule has 0 aliphatic heterocycles. The number of para-hydroxylation sites is 1. The van der Waals surface area contributed by atoms with Crippen molar-refractivity contribution in [1.82, 2.24) is 0 Å². The summed E-state index contributed by atoms with van der Waals surface area (Å²) in [6, 6.07) is 74.5. The lowest BCUT2D eigenvalue weighted by molar-refractivity contribution is 1.28. The quantitative estimate of drug-likeness (QED) is 0.137. The molecule has 9 aromatic rings. The van der Waals surface area contributed by atoms with Crippen LogP contribution in [0.3, 0.4) is 0 Å². The lowest BCUT2D eigenvalue weighted by Gasteiger charge is -2.26. The zero-order valence-electron chi connectivity index (χ0n) is 31.3. The molecule has 0 spiro atoms. The molecule has 2 heterocycles. The van der Waals surface area contributed by atoms with Gasteiger partial charge in [-0.05, 0) is 144 Å². The van der Waals surface area contributed by atoms with E-state index in [1.807, 2.05) is 22.7 Å². The van der Waals surface area contributed by atoms with Crippen LogP contribution in [0.1, 0.15) is 9.75 Å². The van der Waals surface area contributed by atoms with Crippen molar-refractivity contribution in [1.29, 1.82) is 0 Å². The minimum atomic E-state index is 1.11. The van der Waals surface area contributed by atoms with Gasteiger partial charge in [0, 0.05) is 53.6 Å². The van der Waals surface area contributed by atoms with Gasteiger partial charge in [-0.15, -0.1) is 22.7 Å². The van der Waals surface area contributed by atoms with Gasteiger partial charge in [-0.2, -0.15) is 0 Å². The number of aryl methyl sites for hydroxylation is 2. The first-order chi connectivity index (χ1) is 27.6. The van der Waals surface area contributed by atoms with E-state index >= 15 is 0 Å². The lowest BCUT2D eigenvalue weighted by atomic mass is 10.0. The number of anilines is 6. The SMILES string of the molecule is Cc1ccc(-c2ccc(N(c3ccccc3)c3ccc(-c4ccc(N(c5ccc(-c6ccccc6)cc5)c5ccc(-c6ccc(C)s6)cc5)cc4)cc3)cc2)s1. The predicted molar refractivity (Wildman–Crippen MR) is 243 cm³/mol. The molecule has 0 aliphatic carbocycles. The average Bonchev–Trinajstić information content (AvgIpc) is 3.91. The Balaban J connectivity index is 1.01. The third-order valence-corrected chi connectivity index (χ3v) is 12.2. The molecule has 0 radical (unpaired) electrons. The predicted octanol–water partition coefficient (Wildman–Crippen LogP) is 16.0. The summed E-state index contributed by atoms with van der Waals surface area (Å²) in [6.45, 7) is 4.32. The molecule has 0 saturated carbocycles. The highest BCUT2D eigenvalue weighted by Crippen LogP contribution is 2.40. The standard InChI is InChI=1S/C52H40N2S2/c1-37-13-35-51(55-37)43-21-31-49(32-22-43)53(45-11-7-4-8-12-45)46-27-17-41(18-28-46)42-19-29-48(30-20-42)54(47-25-15-40(16-26-47)39-9-5-3-6-10-39)50-33-23-44(24-34-50)52-36-14-38(2)56-52/h3-36H,1-2H3. The zero-order valence-corrected chi connectivity index (χ0v) is 33.0. The smallest absolute Gasteiger partial charge is 0.0462 e. The summed E-state index contributed by atoms with van der Waals surface area (Å²) >= 11 is 3.66. The summed E-state index contributed by atoms with van der Waals surface area (Å²) in [5, 5.41) is 0. The number of nitrogens with zero attached hydrogens (tertiary/aromatic N) is 2. The van der Waals surface area contributed by atoms with Gasteiger partial charge in [0.25, 0.3) is 0 Å². The maximum absolute atomic E-state index is 2.34. The highest BCUT2D eigenvalue weighted by molar-refractivity contribution is 7.15. The minimum absolute atomic E-state index is 1.11. The summed E-state index contributed by atoms with van der Waals surface area (Å²) in [6.07, 6.45) is 0. The molecular formula is C52H40N2S2. The van der Waals surface area contributed by atoms with Gasteiger partial charge in [0.05, 0.1) is 0 Å². The molecule has 0 fully saturated rings. The van der Waals surface area contributed by atoms with Gasteiger partial charge in [-0.25, -0.2) is 0 Å². The summed E-state index contributed by atoms with van der Waals surface area (Å²) in [4.78, 5) is 9.89. The molecule has 2 nitrogen and oxygen atoms in total. The van der Waals surface area contributed by atoms with Crippen molar-refractivity contribution < 1.29 is 0 Å². The van der Waals surface area contributed by atoms with Crippen molar-refractivity contribution in [3.8, 4) is 43.1 Å². The van der Waals surface area contributed by atoms with Crippen LogP contribution in [0.5, 0.6) is 0 Å². The van der Waals surface area contributed by atoms with Crippen LogP contribution in [0, 0.1) is 13.8 Å². The third kappa shape index (κ3) is 7.45. The van der Waals surface area contributed by atoms with Crippen molar-refractivity contribution >= 4 is 56.8 Å². The van der Waals surface area contributed by atoms with E-state index in [4.69, 9.17) is 0 Å². The Labute approximate surface area is 337 Å². The second kappa shape index (κ2) is 15.7. The molecular weight excluding hydrogens is 717 g/mol. The Hall–Kier alpha value is -6.46. The third-order valence-electron chi connectivity index (χ3n) is 10.1. The number of thiophene rings is 2. The lowest BCUT2D eigenvalue weighted by Crippen LogP contribution is -2.10. The van der Waals surface area contributed by atoms with Crippen molar-refractivity contribution in [3.05, 3.63) is 216 Å². The molecule has 2 aromatic heterocycles. The number of hydrogen-bond acceptors (Lipinski definition) is 4. The van der Waals surface area contributed by atoms with Crippen molar-refractivity contribution in [2.24, 2.45) is 0 Å². The fourth-order valence-corrected chi connectivity index (χ4v) is 8.99. The van der Waals surface area contributed by atoms with E-state index in [9.17, 15) is 0 Å².